The number of ether oxygens (including phenoxy) is 1. The molecular formula is C16H24FNO. The summed E-state index contributed by atoms with van der Waals surface area (Å²) in [5.74, 6) is 0.602. The minimum atomic E-state index is -0.201. The highest BCUT2D eigenvalue weighted by Gasteiger charge is 2.19. The fourth-order valence-corrected chi connectivity index (χ4v) is 2.13. The lowest BCUT2D eigenvalue weighted by Gasteiger charge is -2.09. The van der Waals surface area contributed by atoms with Crippen molar-refractivity contribution in [2.45, 2.75) is 51.5 Å². The molecule has 1 fully saturated rings. The Hall–Kier alpha value is -1.09. The maximum absolute atomic E-state index is 12.9. The summed E-state index contributed by atoms with van der Waals surface area (Å²) < 4.78 is 18.6. The number of rotatable bonds is 9. The Morgan fingerprint density at radius 3 is 2.74 bits per heavy atom. The first kappa shape index (κ1) is 14.3. The van der Waals surface area contributed by atoms with Crippen molar-refractivity contribution in [2.24, 2.45) is 0 Å². The molecule has 0 aromatic heterocycles. The van der Waals surface area contributed by atoms with E-state index in [2.05, 4.69) is 5.32 Å². The number of aryl methyl sites for hydroxylation is 1. The number of hydrogen-bond donors (Lipinski definition) is 1. The van der Waals surface area contributed by atoms with Crippen LogP contribution in [-0.2, 0) is 0 Å². The van der Waals surface area contributed by atoms with E-state index < -0.39 is 0 Å². The smallest absolute Gasteiger partial charge is 0.123 e. The third kappa shape index (κ3) is 5.60. The summed E-state index contributed by atoms with van der Waals surface area (Å²) in [6.07, 6.45) is 7.51. The molecule has 3 heteroatoms. The molecule has 0 aliphatic heterocycles. The largest absolute Gasteiger partial charge is 0.493 e. The quantitative estimate of drug-likeness (QED) is 0.685. The molecule has 0 bridgehead atoms. The Morgan fingerprint density at radius 2 is 2.00 bits per heavy atom. The monoisotopic (exact) mass is 265 g/mol. The first-order valence-corrected chi connectivity index (χ1v) is 7.38. The van der Waals surface area contributed by atoms with Crippen molar-refractivity contribution in [2.75, 3.05) is 13.2 Å². The van der Waals surface area contributed by atoms with Gasteiger partial charge in [-0.25, -0.2) is 4.39 Å². The molecule has 0 spiro atoms. The first-order chi connectivity index (χ1) is 9.25. The molecule has 1 saturated carbocycles. The Balaban J connectivity index is 1.48. The van der Waals surface area contributed by atoms with Gasteiger partial charge in [0, 0.05) is 6.04 Å². The Labute approximate surface area is 115 Å². The zero-order valence-electron chi connectivity index (χ0n) is 11.8. The van der Waals surface area contributed by atoms with E-state index in [1.54, 1.807) is 6.07 Å². The second-order valence-corrected chi connectivity index (χ2v) is 5.40. The topological polar surface area (TPSA) is 21.3 Å². The second-order valence-electron chi connectivity index (χ2n) is 5.40. The van der Waals surface area contributed by atoms with Gasteiger partial charge in [-0.1, -0.05) is 12.8 Å². The lowest BCUT2D eigenvalue weighted by molar-refractivity contribution is 0.302. The van der Waals surface area contributed by atoms with Crippen LogP contribution in [-0.4, -0.2) is 19.2 Å². The van der Waals surface area contributed by atoms with Crippen molar-refractivity contribution in [3.05, 3.63) is 29.6 Å². The number of hydrogen-bond acceptors (Lipinski definition) is 2. The van der Waals surface area contributed by atoms with Crippen LogP contribution in [0.15, 0.2) is 18.2 Å². The van der Waals surface area contributed by atoms with E-state index in [9.17, 15) is 4.39 Å². The van der Waals surface area contributed by atoms with Gasteiger partial charge in [0.15, 0.2) is 0 Å². The maximum atomic E-state index is 12.9. The molecule has 1 aliphatic rings. The summed E-state index contributed by atoms with van der Waals surface area (Å²) in [5, 5.41) is 3.52. The van der Waals surface area contributed by atoms with Gasteiger partial charge in [0.1, 0.15) is 11.6 Å². The first-order valence-electron chi connectivity index (χ1n) is 7.38. The molecule has 0 saturated heterocycles. The molecule has 0 unspecified atom stereocenters. The molecule has 2 rings (SSSR count). The van der Waals surface area contributed by atoms with Gasteiger partial charge in [-0.05, 0) is 62.9 Å². The van der Waals surface area contributed by atoms with Crippen LogP contribution in [0.2, 0.25) is 0 Å². The molecular weight excluding hydrogens is 241 g/mol. The summed E-state index contributed by atoms with van der Waals surface area (Å²) in [7, 11) is 0. The minimum absolute atomic E-state index is 0.201. The second kappa shape index (κ2) is 7.49. The van der Waals surface area contributed by atoms with Gasteiger partial charge < -0.3 is 10.1 Å². The highest BCUT2D eigenvalue weighted by atomic mass is 19.1. The molecule has 1 aromatic rings. The highest BCUT2D eigenvalue weighted by molar-refractivity contribution is 5.32. The number of unbranched alkanes of at least 4 members (excludes halogenated alkanes) is 3. The fourth-order valence-electron chi connectivity index (χ4n) is 2.13. The number of benzene rings is 1. The molecule has 0 amide bonds. The normalized spacial score (nSPS) is 14.6. The fraction of sp³-hybridized carbons (Fsp3) is 0.625. The SMILES string of the molecule is Cc1cc(F)ccc1OCCCCCCNC1CC1. The summed E-state index contributed by atoms with van der Waals surface area (Å²) in [6, 6.07) is 5.50. The molecule has 0 radical (unpaired) electrons. The van der Waals surface area contributed by atoms with Gasteiger partial charge in [-0.3, -0.25) is 0 Å². The Morgan fingerprint density at radius 1 is 1.21 bits per heavy atom. The van der Waals surface area contributed by atoms with E-state index in [4.69, 9.17) is 4.74 Å². The highest BCUT2D eigenvalue weighted by Crippen LogP contribution is 2.19. The third-order valence-electron chi connectivity index (χ3n) is 3.48. The van der Waals surface area contributed by atoms with Crippen LogP contribution in [0.1, 0.15) is 44.1 Å². The lowest BCUT2D eigenvalue weighted by atomic mass is 10.2. The van der Waals surface area contributed by atoms with Gasteiger partial charge in [0.25, 0.3) is 0 Å². The summed E-state index contributed by atoms with van der Waals surface area (Å²) in [6.45, 7) is 3.76. The van der Waals surface area contributed by atoms with E-state index in [0.29, 0.717) is 0 Å². The summed E-state index contributed by atoms with van der Waals surface area (Å²) in [5.41, 5.74) is 0.869. The Bertz CT molecular complexity index is 390. The van der Waals surface area contributed by atoms with Gasteiger partial charge in [0.05, 0.1) is 6.61 Å². The molecule has 0 heterocycles. The average Bonchev–Trinajstić information content (AvgIpc) is 3.19. The predicted octanol–water partition coefficient (Wildman–Crippen LogP) is 3.83. The summed E-state index contributed by atoms with van der Waals surface area (Å²) >= 11 is 0. The van der Waals surface area contributed by atoms with Crippen LogP contribution in [0.4, 0.5) is 4.39 Å². The van der Waals surface area contributed by atoms with Crippen molar-refractivity contribution in [1.82, 2.24) is 5.32 Å². The zero-order valence-corrected chi connectivity index (χ0v) is 11.8. The number of nitrogens with one attached hydrogen (secondary N) is 1. The third-order valence-corrected chi connectivity index (χ3v) is 3.48. The lowest BCUT2D eigenvalue weighted by Crippen LogP contribution is -2.17. The van der Waals surface area contributed by atoms with Crippen LogP contribution in [0.5, 0.6) is 5.75 Å². The van der Waals surface area contributed by atoms with E-state index in [1.165, 1.54) is 44.2 Å². The van der Waals surface area contributed by atoms with Crippen molar-refractivity contribution in [3.8, 4) is 5.75 Å². The minimum Gasteiger partial charge on any atom is -0.493 e. The van der Waals surface area contributed by atoms with Gasteiger partial charge in [0.2, 0.25) is 0 Å². The van der Waals surface area contributed by atoms with Crippen LogP contribution in [0, 0.1) is 12.7 Å². The van der Waals surface area contributed by atoms with E-state index >= 15 is 0 Å². The van der Waals surface area contributed by atoms with Crippen molar-refractivity contribution < 1.29 is 9.13 Å². The van der Waals surface area contributed by atoms with Crippen LogP contribution in [0.25, 0.3) is 0 Å². The standard InChI is InChI=1S/C16H24FNO/c1-13-12-14(17)6-9-16(13)19-11-5-3-2-4-10-18-15-7-8-15/h6,9,12,15,18H,2-5,7-8,10-11H2,1H3. The molecule has 1 N–H and O–H groups in total. The van der Waals surface area contributed by atoms with Gasteiger partial charge in [-0.2, -0.15) is 0 Å². The molecule has 1 aliphatic carbocycles. The maximum Gasteiger partial charge on any atom is 0.123 e. The van der Waals surface area contributed by atoms with Crippen LogP contribution < -0.4 is 10.1 Å². The van der Waals surface area contributed by atoms with E-state index in [0.717, 1.165) is 36.9 Å². The van der Waals surface area contributed by atoms with Crippen LogP contribution >= 0.6 is 0 Å². The van der Waals surface area contributed by atoms with Crippen molar-refractivity contribution >= 4 is 0 Å². The van der Waals surface area contributed by atoms with Crippen LogP contribution in [0.3, 0.4) is 0 Å². The van der Waals surface area contributed by atoms with Gasteiger partial charge in [-0.15, -0.1) is 0 Å². The number of halogens is 1. The van der Waals surface area contributed by atoms with Gasteiger partial charge >= 0.3 is 0 Å². The van der Waals surface area contributed by atoms with Crippen molar-refractivity contribution in [1.29, 1.82) is 0 Å². The predicted molar refractivity (Wildman–Crippen MR) is 76.1 cm³/mol. The molecule has 19 heavy (non-hydrogen) atoms. The van der Waals surface area contributed by atoms with E-state index in [1.807, 2.05) is 6.92 Å². The summed E-state index contributed by atoms with van der Waals surface area (Å²) in [4.78, 5) is 0. The molecule has 106 valence electrons. The van der Waals surface area contributed by atoms with E-state index in [-0.39, 0.29) is 5.82 Å². The molecule has 0 atom stereocenters. The molecule has 1 aromatic carbocycles. The molecule has 2 nitrogen and oxygen atoms in total. The Kier molecular flexibility index (Phi) is 5.64. The average molecular weight is 265 g/mol. The zero-order chi connectivity index (χ0) is 13.5. The van der Waals surface area contributed by atoms with Crippen molar-refractivity contribution in [3.63, 3.8) is 0 Å².